The first kappa shape index (κ1) is 11.8. The van der Waals surface area contributed by atoms with Gasteiger partial charge in [-0.25, -0.2) is 0 Å². The van der Waals surface area contributed by atoms with Crippen LogP contribution >= 0.6 is 11.6 Å². The largest absolute Gasteiger partial charge is 0.383 e. The van der Waals surface area contributed by atoms with Gasteiger partial charge in [0, 0.05) is 32.6 Å². The zero-order valence-corrected chi connectivity index (χ0v) is 10.3. The third kappa shape index (κ3) is 2.94. The second-order valence-corrected chi connectivity index (χ2v) is 4.65. The van der Waals surface area contributed by atoms with Crippen molar-refractivity contribution in [2.45, 2.75) is 12.3 Å². The molecule has 0 N–H and O–H groups in total. The maximum Gasteiger partial charge on any atom is 0.0592 e. The number of aromatic nitrogens is 1. The fourth-order valence-corrected chi connectivity index (χ4v) is 2.36. The van der Waals surface area contributed by atoms with Crippen LogP contribution in [0.15, 0.2) is 18.5 Å². The highest BCUT2D eigenvalue weighted by Crippen LogP contribution is 2.27. The first-order chi connectivity index (χ1) is 7.79. The second kappa shape index (κ2) is 5.62. The predicted molar refractivity (Wildman–Crippen MR) is 64.9 cm³/mol. The van der Waals surface area contributed by atoms with Crippen LogP contribution in [0, 0.1) is 0 Å². The lowest BCUT2D eigenvalue weighted by atomic mass is 10.0. The van der Waals surface area contributed by atoms with Gasteiger partial charge in [-0.1, -0.05) is 11.6 Å². The molecule has 0 radical (unpaired) electrons. The molecule has 1 aliphatic rings. The Labute approximate surface area is 101 Å². The molecule has 1 saturated heterocycles. The third-order valence-corrected chi connectivity index (χ3v) is 3.29. The number of methoxy groups -OCH3 is 1. The number of hydrogen-bond acceptors (Lipinski definition) is 3. The fourth-order valence-electron chi connectivity index (χ4n) is 2.18. The van der Waals surface area contributed by atoms with Crippen molar-refractivity contribution >= 4 is 11.6 Å². The Bertz CT molecular complexity index is 346. The summed E-state index contributed by atoms with van der Waals surface area (Å²) in [5.41, 5.74) is 1.26. The first-order valence-corrected chi connectivity index (χ1v) is 5.99. The molecule has 1 aromatic heterocycles. The lowest BCUT2D eigenvalue weighted by molar-refractivity contribution is 0.160. The summed E-state index contributed by atoms with van der Waals surface area (Å²) < 4.78 is 5.09. The molecule has 0 aliphatic carbocycles. The second-order valence-electron chi connectivity index (χ2n) is 4.22. The lowest BCUT2D eigenvalue weighted by Gasteiger charge is -2.15. The summed E-state index contributed by atoms with van der Waals surface area (Å²) in [4.78, 5) is 6.57. The molecule has 1 unspecified atom stereocenters. The van der Waals surface area contributed by atoms with Gasteiger partial charge in [0.2, 0.25) is 0 Å². The van der Waals surface area contributed by atoms with Gasteiger partial charge in [-0.05, 0) is 30.5 Å². The molecular weight excluding hydrogens is 224 g/mol. The number of nitrogens with zero attached hydrogens (tertiary/aromatic N) is 2. The van der Waals surface area contributed by atoms with E-state index in [2.05, 4.69) is 9.88 Å². The van der Waals surface area contributed by atoms with Crippen LogP contribution in [0.1, 0.15) is 17.9 Å². The fraction of sp³-hybridized carbons (Fsp3) is 0.583. The summed E-state index contributed by atoms with van der Waals surface area (Å²) in [5.74, 6) is 0.572. The number of hydrogen-bond donors (Lipinski definition) is 0. The van der Waals surface area contributed by atoms with Crippen LogP contribution in [0.25, 0.3) is 0 Å². The highest BCUT2D eigenvalue weighted by atomic mass is 35.5. The van der Waals surface area contributed by atoms with Crippen LogP contribution in [0.4, 0.5) is 0 Å². The van der Waals surface area contributed by atoms with Gasteiger partial charge in [0.15, 0.2) is 0 Å². The van der Waals surface area contributed by atoms with Gasteiger partial charge >= 0.3 is 0 Å². The minimum Gasteiger partial charge on any atom is -0.383 e. The van der Waals surface area contributed by atoms with E-state index in [-0.39, 0.29) is 0 Å². The van der Waals surface area contributed by atoms with Crippen molar-refractivity contribution in [3.05, 3.63) is 29.0 Å². The molecule has 0 saturated carbocycles. The van der Waals surface area contributed by atoms with E-state index in [1.54, 1.807) is 13.3 Å². The summed E-state index contributed by atoms with van der Waals surface area (Å²) >= 11 is 5.95. The van der Waals surface area contributed by atoms with Crippen molar-refractivity contribution in [2.24, 2.45) is 0 Å². The number of likely N-dealkylation sites (tertiary alicyclic amines) is 1. The number of rotatable bonds is 4. The van der Waals surface area contributed by atoms with Crippen molar-refractivity contribution in [3.8, 4) is 0 Å². The number of halogens is 1. The zero-order valence-electron chi connectivity index (χ0n) is 9.53. The van der Waals surface area contributed by atoms with Gasteiger partial charge in [-0.3, -0.25) is 4.98 Å². The highest BCUT2D eigenvalue weighted by Gasteiger charge is 2.23. The molecule has 4 heteroatoms. The molecule has 1 fully saturated rings. The van der Waals surface area contributed by atoms with Gasteiger partial charge in [0.1, 0.15) is 0 Å². The summed E-state index contributed by atoms with van der Waals surface area (Å²) in [5, 5.41) is 0.729. The van der Waals surface area contributed by atoms with Crippen molar-refractivity contribution in [3.63, 3.8) is 0 Å². The molecule has 0 bridgehead atoms. The van der Waals surface area contributed by atoms with E-state index >= 15 is 0 Å². The van der Waals surface area contributed by atoms with Crippen LogP contribution < -0.4 is 0 Å². The quantitative estimate of drug-likeness (QED) is 0.807. The van der Waals surface area contributed by atoms with Gasteiger partial charge in [0.25, 0.3) is 0 Å². The van der Waals surface area contributed by atoms with Crippen molar-refractivity contribution in [1.29, 1.82) is 0 Å². The van der Waals surface area contributed by atoms with Crippen LogP contribution in [0.3, 0.4) is 0 Å². The smallest absolute Gasteiger partial charge is 0.0592 e. The molecule has 1 aliphatic heterocycles. The maximum atomic E-state index is 5.95. The van der Waals surface area contributed by atoms with Crippen molar-refractivity contribution in [1.82, 2.24) is 9.88 Å². The Morgan fingerprint density at radius 1 is 1.56 bits per heavy atom. The molecule has 2 rings (SSSR count). The van der Waals surface area contributed by atoms with Gasteiger partial charge < -0.3 is 9.64 Å². The van der Waals surface area contributed by atoms with Crippen LogP contribution in [-0.2, 0) is 4.74 Å². The minimum absolute atomic E-state index is 0.572. The van der Waals surface area contributed by atoms with E-state index in [0.717, 1.165) is 31.3 Å². The summed E-state index contributed by atoms with van der Waals surface area (Å²) in [6, 6.07) is 2.03. The van der Waals surface area contributed by atoms with E-state index < -0.39 is 0 Å². The van der Waals surface area contributed by atoms with E-state index in [1.807, 2.05) is 12.3 Å². The van der Waals surface area contributed by atoms with Gasteiger partial charge in [-0.2, -0.15) is 0 Å². The molecule has 1 aromatic rings. The molecular formula is C12H17ClN2O. The molecule has 88 valence electrons. The molecule has 0 amide bonds. The zero-order chi connectivity index (χ0) is 11.4. The Morgan fingerprint density at radius 2 is 2.44 bits per heavy atom. The molecule has 3 nitrogen and oxygen atoms in total. The lowest BCUT2D eigenvalue weighted by Crippen LogP contribution is -2.24. The summed E-state index contributed by atoms with van der Waals surface area (Å²) in [7, 11) is 1.74. The van der Waals surface area contributed by atoms with Crippen LogP contribution in [0.5, 0.6) is 0 Å². The highest BCUT2D eigenvalue weighted by molar-refractivity contribution is 6.30. The predicted octanol–water partition coefficient (Wildman–Crippen LogP) is 2.17. The molecule has 2 heterocycles. The number of ether oxygens (including phenoxy) is 1. The molecule has 1 atom stereocenters. The van der Waals surface area contributed by atoms with Crippen molar-refractivity contribution in [2.75, 3.05) is 33.4 Å². The Kier molecular flexibility index (Phi) is 4.16. The standard InChI is InChI=1S/C12H17ClN2O/c1-16-5-4-15-3-2-10(9-15)11-6-12(13)8-14-7-11/h6-8,10H,2-5,9H2,1H3. The average molecular weight is 241 g/mol. The molecule has 0 aromatic carbocycles. The molecule has 16 heavy (non-hydrogen) atoms. The van der Waals surface area contributed by atoms with E-state index in [4.69, 9.17) is 16.3 Å². The monoisotopic (exact) mass is 240 g/mol. The Morgan fingerprint density at radius 3 is 3.19 bits per heavy atom. The average Bonchev–Trinajstić information content (AvgIpc) is 2.75. The van der Waals surface area contributed by atoms with E-state index in [0.29, 0.717) is 5.92 Å². The Hall–Kier alpha value is -0.640. The first-order valence-electron chi connectivity index (χ1n) is 5.61. The summed E-state index contributed by atoms with van der Waals surface area (Å²) in [6.45, 7) is 4.05. The topological polar surface area (TPSA) is 25.4 Å². The normalized spacial score (nSPS) is 21.5. The third-order valence-electron chi connectivity index (χ3n) is 3.08. The maximum absolute atomic E-state index is 5.95. The van der Waals surface area contributed by atoms with Crippen LogP contribution in [0.2, 0.25) is 5.02 Å². The van der Waals surface area contributed by atoms with E-state index in [9.17, 15) is 0 Å². The van der Waals surface area contributed by atoms with Gasteiger partial charge in [0.05, 0.1) is 11.6 Å². The Balaban J connectivity index is 1.93. The number of pyridine rings is 1. The summed E-state index contributed by atoms with van der Waals surface area (Å²) in [6.07, 6.45) is 4.80. The minimum atomic E-state index is 0.572. The van der Waals surface area contributed by atoms with Crippen molar-refractivity contribution < 1.29 is 4.74 Å². The molecule has 0 spiro atoms. The van der Waals surface area contributed by atoms with Crippen LogP contribution in [-0.4, -0.2) is 43.2 Å². The SMILES string of the molecule is COCCN1CCC(c2cncc(Cl)c2)C1. The van der Waals surface area contributed by atoms with E-state index in [1.165, 1.54) is 12.0 Å². The van der Waals surface area contributed by atoms with Gasteiger partial charge in [-0.15, -0.1) is 0 Å².